The van der Waals surface area contributed by atoms with E-state index in [9.17, 15) is 40.5 Å². The Hall–Kier alpha value is -1.53. The highest BCUT2D eigenvalue weighted by Gasteiger charge is 2.47. The zero-order valence-electron chi connectivity index (χ0n) is 38.4. The molecule has 364 valence electrons. The van der Waals surface area contributed by atoms with E-state index in [0.717, 1.165) is 51.4 Å². The summed E-state index contributed by atoms with van der Waals surface area (Å²) in [5.74, 6) is -0.383. The van der Waals surface area contributed by atoms with Gasteiger partial charge in [0.05, 0.1) is 26.4 Å². The predicted molar refractivity (Wildman–Crippen MR) is 238 cm³/mol. The van der Waals surface area contributed by atoms with E-state index in [-0.39, 0.29) is 25.6 Å². The van der Waals surface area contributed by atoms with Gasteiger partial charge < -0.3 is 64.2 Å². The number of esters is 1. The van der Waals surface area contributed by atoms with Crippen molar-refractivity contribution in [3.05, 3.63) is 24.3 Å². The smallest absolute Gasteiger partial charge is 0.306 e. The molecule has 2 aliphatic heterocycles. The molecule has 0 radical (unpaired) electrons. The van der Waals surface area contributed by atoms with Gasteiger partial charge in [-0.3, -0.25) is 4.79 Å². The van der Waals surface area contributed by atoms with Crippen LogP contribution in [0.25, 0.3) is 0 Å². The van der Waals surface area contributed by atoms with Gasteiger partial charge in [0.15, 0.2) is 12.6 Å². The summed E-state index contributed by atoms with van der Waals surface area (Å²) in [5.41, 5.74) is 0. The van der Waals surface area contributed by atoms with Crippen LogP contribution in [0, 0.1) is 0 Å². The number of unbranched alkanes of at least 4 members (excludes halogenated alkanes) is 20. The second kappa shape index (κ2) is 36.7. The highest BCUT2D eigenvalue weighted by Crippen LogP contribution is 2.26. The van der Waals surface area contributed by atoms with Gasteiger partial charge in [0.25, 0.3) is 0 Å². The minimum absolute atomic E-state index is 0.0616. The molecular formula is C48H88O14. The van der Waals surface area contributed by atoms with Crippen LogP contribution >= 0.6 is 0 Å². The largest absolute Gasteiger partial charge is 0.457 e. The van der Waals surface area contributed by atoms with Crippen LogP contribution in [-0.4, -0.2) is 142 Å². The average Bonchev–Trinajstić information content (AvgIpc) is 3.27. The highest BCUT2D eigenvalue weighted by atomic mass is 16.7. The Bertz CT molecular complexity index is 1120. The average molecular weight is 889 g/mol. The molecule has 11 atom stereocenters. The SMILES string of the molecule is CCCCC/C=C\C/C=C\CCCCCCCCCC(=O)OC(COCCCCCCCCCCCCC)COC1OC(COC2OC(CO)C(O)C(O)C2O)C(O)C(O)C1O. The fraction of sp³-hybridized carbons (Fsp3) is 0.896. The molecule has 0 aromatic heterocycles. The molecule has 0 spiro atoms. The molecule has 0 amide bonds. The quantitative estimate of drug-likeness (QED) is 0.0202. The van der Waals surface area contributed by atoms with E-state index in [2.05, 4.69) is 38.2 Å². The summed E-state index contributed by atoms with van der Waals surface area (Å²) >= 11 is 0. The summed E-state index contributed by atoms with van der Waals surface area (Å²) in [5, 5.41) is 72.0. The fourth-order valence-electron chi connectivity index (χ4n) is 7.67. The lowest BCUT2D eigenvalue weighted by Crippen LogP contribution is -2.61. The molecule has 14 nitrogen and oxygen atoms in total. The number of carbonyl (C=O) groups excluding carboxylic acids is 1. The van der Waals surface area contributed by atoms with Gasteiger partial charge in [-0.25, -0.2) is 0 Å². The summed E-state index contributed by atoms with van der Waals surface area (Å²) < 4.78 is 34.2. The van der Waals surface area contributed by atoms with Crippen LogP contribution in [0.3, 0.4) is 0 Å². The van der Waals surface area contributed by atoms with Gasteiger partial charge >= 0.3 is 5.97 Å². The molecule has 2 fully saturated rings. The van der Waals surface area contributed by atoms with E-state index >= 15 is 0 Å². The molecule has 2 heterocycles. The molecule has 14 heteroatoms. The molecule has 0 aliphatic carbocycles. The van der Waals surface area contributed by atoms with Gasteiger partial charge in [-0.15, -0.1) is 0 Å². The van der Waals surface area contributed by atoms with Crippen molar-refractivity contribution in [1.82, 2.24) is 0 Å². The summed E-state index contributed by atoms with van der Waals surface area (Å²) in [6, 6.07) is 0. The normalized spacial score (nSPS) is 27.4. The van der Waals surface area contributed by atoms with Crippen molar-refractivity contribution < 1.29 is 69.0 Å². The number of hydrogen-bond donors (Lipinski definition) is 7. The number of hydrogen-bond acceptors (Lipinski definition) is 14. The first-order valence-electron chi connectivity index (χ1n) is 24.4. The lowest BCUT2D eigenvalue weighted by atomic mass is 9.98. The van der Waals surface area contributed by atoms with Crippen LogP contribution in [0.4, 0.5) is 0 Å². The maximum absolute atomic E-state index is 13.0. The standard InChI is InChI=1S/C48H88O14/c1-3-5-7-9-11-13-15-16-17-18-19-20-21-23-25-27-29-31-40(50)60-37(34-57-32-30-28-26-24-22-14-12-10-8-6-4-2)35-58-47-46(56)44(54)42(52)39(62-47)36-59-48-45(55)43(53)41(51)38(33-49)61-48/h11,13,16-17,37-39,41-49,51-56H,3-10,12,14-15,18-36H2,1-2H3/b13-11-,17-16-. The lowest BCUT2D eigenvalue weighted by Gasteiger charge is -2.42. The van der Waals surface area contributed by atoms with Crippen molar-refractivity contribution in [3.8, 4) is 0 Å². The minimum atomic E-state index is -1.70. The monoisotopic (exact) mass is 889 g/mol. The van der Waals surface area contributed by atoms with Crippen LogP contribution < -0.4 is 0 Å². The van der Waals surface area contributed by atoms with Gasteiger partial charge in [-0.2, -0.15) is 0 Å². The molecule has 0 aromatic carbocycles. The second-order valence-electron chi connectivity index (χ2n) is 17.3. The highest BCUT2D eigenvalue weighted by molar-refractivity contribution is 5.69. The Morgan fingerprint density at radius 1 is 0.532 bits per heavy atom. The van der Waals surface area contributed by atoms with Crippen molar-refractivity contribution in [1.29, 1.82) is 0 Å². The van der Waals surface area contributed by atoms with Crippen LogP contribution in [0.2, 0.25) is 0 Å². The zero-order chi connectivity index (χ0) is 45.2. The Kier molecular flexibility index (Phi) is 33.5. The third-order valence-electron chi connectivity index (χ3n) is 11.7. The summed E-state index contributed by atoms with van der Waals surface area (Å²) in [4.78, 5) is 13.0. The van der Waals surface area contributed by atoms with Gasteiger partial charge in [0.2, 0.25) is 0 Å². The van der Waals surface area contributed by atoms with Crippen molar-refractivity contribution in [2.75, 3.05) is 33.0 Å². The van der Waals surface area contributed by atoms with E-state index in [0.29, 0.717) is 13.0 Å². The van der Waals surface area contributed by atoms with Crippen LogP contribution in [0.15, 0.2) is 24.3 Å². The molecule has 0 saturated carbocycles. The molecule has 2 aliphatic rings. The first-order chi connectivity index (χ1) is 30.1. The second-order valence-corrected chi connectivity index (χ2v) is 17.3. The topological polar surface area (TPSA) is 214 Å². The third kappa shape index (κ3) is 24.7. The molecule has 0 aromatic rings. The fourth-order valence-corrected chi connectivity index (χ4v) is 7.67. The van der Waals surface area contributed by atoms with Crippen molar-refractivity contribution in [2.24, 2.45) is 0 Å². The number of ether oxygens (including phenoxy) is 6. The predicted octanol–water partition coefficient (Wildman–Crippen LogP) is 6.46. The Balaban J connectivity index is 1.78. The van der Waals surface area contributed by atoms with Gasteiger partial charge in [0, 0.05) is 13.0 Å². The van der Waals surface area contributed by atoms with E-state index in [1.54, 1.807) is 0 Å². The maximum atomic E-state index is 13.0. The van der Waals surface area contributed by atoms with E-state index in [1.807, 2.05) is 0 Å². The molecule has 11 unspecified atom stereocenters. The van der Waals surface area contributed by atoms with E-state index < -0.39 is 80.7 Å². The molecule has 2 rings (SSSR count). The summed E-state index contributed by atoms with van der Waals surface area (Å²) in [7, 11) is 0. The molecule has 62 heavy (non-hydrogen) atoms. The van der Waals surface area contributed by atoms with Crippen LogP contribution in [0.1, 0.15) is 174 Å². The van der Waals surface area contributed by atoms with E-state index in [4.69, 9.17) is 28.4 Å². The molecule has 7 N–H and O–H groups in total. The van der Waals surface area contributed by atoms with Crippen molar-refractivity contribution in [2.45, 2.75) is 242 Å². The van der Waals surface area contributed by atoms with Crippen LogP contribution in [-0.2, 0) is 33.2 Å². The number of allylic oxidation sites excluding steroid dienone is 4. The van der Waals surface area contributed by atoms with Gasteiger partial charge in [0.1, 0.15) is 54.9 Å². The third-order valence-corrected chi connectivity index (χ3v) is 11.7. The Morgan fingerprint density at radius 2 is 1.00 bits per heavy atom. The molecular weight excluding hydrogens is 801 g/mol. The Morgan fingerprint density at radius 3 is 1.58 bits per heavy atom. The Labute approximate surface area is 373 Å². The van der Waals surface area contributed by atoms with E-state index in [1.165, 1.54) is 96.3 Å². The number of aliphatic hydroxyl groups is 7. The first-order valence-corrected chi connectivity index (χ1v) is 24.4. The molecule has 2 saturated heterocycles. The lowest BCUT2D eigenvalue weighted by molar-refractivity contribution is -0.332. The van der Waals surface area contributed by atoms with Crippen molar-refractivity contribution >= 4 is 5.97 Å². The minimum Gasteiger partial charge on any atom is -0.457 e. The summed E-state index contributed by atoms with van der Waals surface area (Å²) in [6.07, 6.45) is 21.0. The zero-order valence-corrected chi connectivity index (χ0v) is 38.4. The number of rotatable bonds is 38. The maximum Gasteiger partial charge on any atom is 0.306 e. The van der Waals surface area contributed by atoms with Crippen LogP contribution in [0.5, 0.6) is 0 Å². The number of aliphatic hydroxyl groups excluding tert-OH is 7. The molecule has 0 bridgehead atoms. The van der Waals surface area contributed by atoms with Crippen molar-refractivity contribution in [3.63, 3.8) is 0 Å². The van der Waals surface area contributed by atoms with Gasteiger partial charge in [-0.05, 0) is 44.9 Å². The first kappa shape index (κ1) is 56.6. The van der Waals surface area contributed by atoms with Gasteiger partial charge in [-0.1, -0.05) is 147 Å². The summed E-state index contributed by atoms with van der Waals surface area (Å²) in [6.45, 7) is 3.65. The number of carbonyl (C=O) groups is 1.